The van der Waals surface area contributed by atoms with Crippen LogP contribution in [0.1, 0.15) is 12.8 Å². The number of aliphatic hydroxyl groups is 1. The number of para-hydroxylation sites is 2. The van der Waals surface area contributed by atoms with E-state index in [1.165, 1.54) is 0 Å². The van der Waals surface area contributed by atoms with Gasteiger partial charge in [-0.1, -0.05) is 12.1 Å². The molecule has 2 aliphatic rings. The van der Waals surface area contributed by atoms with Gasteiger partial charge in [-0.25, -0.2) is 4.79 Å². The predicted octanol–water partition coefficient (Wildman–Crippen LogP) is 1.43. The fourth-order valence-corrected chi connectivity index (χ4v) is 3.24. The third-order valence-electron chi connectivity index (χ3n) is 4.67. The van der Waals surface area contributed by atoms with Crippen LogP contribution in [0.4, 0.5) is 16.2 Å². The van der Waals surface area contributed by atoms with Crippen LogP contribution < -0.4 is 10.2 Å². The summed E-state index contributed by atoms with van der Waals surface area (Å²) < 4.78 is 0. The van der Waals surface area contributed by atoms with Gasteiger partial charge in [0.25, 0.3) is 0 Å². The van der Waals surface area contributed by atoms with Crippen LogP contribution in [0.2, 0.25) is 0 Å². The molecule has 0 saturated carbocycles. The highest BCUT2D eigenvalue weighted by Gasteiger charge is 2.23. The molecule has 2 amide bonds. The van der Waals surface area contributed by atoms with E-state index in [1.54, 1.807) is 4.90 Å². The van der Waals surface area contributed by atoms with Gasteiger partial charge in [0.05, 0.1) is 17.5 Å². The number of anilines is 2. The molecule has 1 unspecified atom stereocenters. The van der Waals surface area contributed by atoms with Crippen molar-refractivity contribution in [3.05, 3.63) is 24.3 Å². The van der Waals surface area contributed by atoms with Gasteiger partial charge < -0.3 is 25.1 Å². The smallest absolute Gasteiger partial charge is 0.321 e. The first-order valence-electron chi connectivity index (χ1n) is 8.40. The van der Waals surface area contributed by atoms with Crippen molar-refractivity contribution in [3.63, 3.8) is 0 Å². The van der Waals surface area contributed by atoms with E-state index in [2.05, 4.69) is 28.2 Å². The van der Waals surface area contributed by atoms with Crippen LogP contribution in [0.3, 0.4) is 0 Å². The number of β-amino-alcohol motifs (C(OH)–C–C–N with tert-alkyl or cyclic N) is 1. The molecule has 0 spiro atoms. The van der Waals surface area contributed by atoms with E-state index >= 15 is 0 Å². The Morgan fingerprint density at radius 1 is 1.17 bits per heavy atom. The molecule has 0 bridgehead atoms. The Hall–Kier alpha value is -1.79. The summed E-state index contributed by atoms with van der Waals surface area (Å²) in [5, 5.41) is 12.8. The lowest BCUT2D eigenvalue weighted by atomic mass is 10.1. The van der Waals surface area contributed by atoms with E-state index in [-0.39, 0.29) is 6.03 Å². The van der Waals surface area contributed by atoms with Gasteiger partial charge in [0, 0.05) is 39.3 Å². The maximum Gasteiger partial charge on any atom is 0.321 e. The number of piperazine rings is 1. The molecule has 0 aliphatic carbocycles. The Morgan fingerprint density at radius 2 is 1.91 bits per heavy atom. The van der Waals surface area contributed by atoms with Crippen LogP contribution in [-0.2, 0) is 0 Å². The number of benzene rings is 1. The summed E-state index contributed by atoms with van der Waals surface area (Å²) in [4.78, 5) is 18.8. The van der Waals surface area contributed by atoms with E-state index in [0.29, 0.717) is 13.1 Å². The van der Waals surface area contributed by atoms with E-state index < -0.39 is 6.10 Å². The molecule has 1 aromatic rings. The quantitative estimate of drug-likeness (QED) is 0.866. The van der Waals surface area contributed by atoms with E-state index in [9.17, 15) is 9.90 Å². The second kappa shape index (κ2) is 7.19. The SMILES string of the molecule is CN1CCN(c2ccccc2NC(=O)N2CCCC(O)C2)CC1. The molecule has 2 heterocycles. The van der Waals surface area contributed by atoms with Crippen molar-refractivity contribution in [2.24, 2.45) is 0 Å². The lowest BCUT2D eigenvalue weighted by Crippen LogP contribution is -2.46. The van der Waals surface area contributed by atoms with E-state index in [1.807, 2.05) is 18.2 Å². The van der Waals surface area contributed by atoms with Crippen LogP contribution in [-0.4, -0.2) is 73.4 Å². The summed E-state index contributed by atoms with van der Waals surface area (Å²) in [7, 11) is 2.13. The molecule has 2 saturated heterocycles. The number of piperidine rings is 1. The number of hydrogen-bond acceptors (Lipinski definition) is 4. The molecule has 1 atom stereocenters. The van der Waals surface area contributed by atoms with Gasteiger partial charge in [-0.05, 0) is 32.0 Å². The molecule has 6 heteroatoms. The highest BCUT2D eigenvalue weighted by atomic mass is 16.3. The maximum atomic E-state index is 12.5. The molecule has 3 rings (SSSR count). The Labute approximate surface area is 137 Å². The predicted molar refractivity (Wildman–Crippen MR) is 92.0 cm³/mol. The number of likely N-dealkylation sites (tertiary alicyclic amines) is 1. The summed E-state index contributed by atoms with van der Waals surface area (Å²) in [5.74, 6) is 0. The van der Waals surface area contributed by atoms with Crippen molar-refractivity contribution in [2.75, 3.05) is 56.5 Å². The number of nitrogens with zero attached hydrogens (tertiary/aromatic N) is 3. The number of carbonyl (C=O) groups is 1. The summed E-state index contributed by atoms with van der Waals surface area (Å²) in [6.07, 6.45) is 1.23. The first-order chi connectivity index (χ1) is 11.1. The number of hydrogen-bond donors (Lipinski definition) is 2. The van der Waals surface area contributed by atoms with Crippen molar-refractivity contribution in [2.45, 2.75) is 18.9 Å². The first kappa shape index (κ1) is 16.1. The van der Waals surface area contributed by atoms with Crippen LogP contribution in [0.15, 0.2) is 24.3 Å². The minimum atomic E-state index is -0.401. The number of rotatable bonds is 2. The first-order valence-corrected chi connectivity index (χ1v) is 8.40. The fourth-order valence-electron chi connectivity index (χ4n) is 3.24. The molecule has 126 valence electrons. The second-order valence-electron chi connectivity index (χ2n) is 6.48. The molecule has 6 nitrogen and oxygen atoms in total. The zero-order valence-corrected chi connectivity index (χ0v) is 13.7. The van der Waals surface area contributed by atoms with Gasteiger partial charge >= 0.3 is 6.03 Å². The fraction of sp³-hybridized carbons (Fsp3) is 0.588. The average molecular weight is 318 g/mol. The third-order valence-corrected chi connectivity index (χ3v) is 4.67. The van der Waals surface area contributed by atoms with Gasteiger partial charge in [0.1, 0.15) is 0 Å². The second-order valence-corrected chi connectivity index (χ2v) is 6.48. The standard InChI is InChI=1S/C17H26N4O2/c1-19-9-11-20(12-10-19)16-7-3-2-6-15(16)18-17(23)21-8-4-5-14(22)13-21/h2-3,6-7,14,22H,4-5,8-13H2,1H3,(H,18,23). The normalized spacial score (nSPS) is 23.0. The molecule has 1 aromatic carbocycles. The lowest BCUT2D eigenvalue weighted by Gasteiger charge is -2.35. The third kappa shape index (κ3) is 3.95. The number of urea groups is 1. The monoisotopic (exact) mass is 318 g/mol. The Bertz CT molecular complexity index is 543. The molecule has 0 aromatic heterocycles. The molecule has 2 aliphatic heterocycles. The topological polar surface area (TPSA) is 59.0 Å². The van der Waals surface area contributed by atoms with Crippen LogP contribution in [0.25, 0.3) is 0 Å². The number of amides is 2. The zero-order chi connectivity index (χ0) is 16.2. The average Bonchev–Trinajstić information content (AvgIpc) is 2.56. The molecule has 0 radical (unpaired) electrons. The molecular weight excluding hydrogens is 292 g/mol. The Balaban J connectivity index is 1.69. The molecule has 2 N–H and O–H groups in total. The molecular formula is C17H26N4O2. The van der Waals surface area contributed by atoms with Crippen molar-refractivity contribution >= 4 is 17.4 Å². The number of likely N-dealkylation sites (N-methyl/N-ethyl adjacent to an activating group) is 1. The number of carbonyl (C=O) groups excluding carboxylic acids is 1. The maximum absolute atomic E-state index is 12.5. The van der Waals surface area contributed by atoms with Crippen LogP contribution >= 0.6 is 0 Å². The highest BCUT2D eigenvalue weighted by molar-refractivity contribution is 5.93. The number of aliphatic hydroxyl groups excluding tert-OH is 1. The number of nitrogens with one attached hydrogen (secondary N) is 1. The summed E-state index contributed by atoms with van der Waals surface area (Å²) in [5.41, 5.74) is 1.92. The van der Waals surface area contributed by atoms with Gasteiger partial charge in [0.2, 0.25) is 0 Å². The van der Waals surface area contributed by atoms with E-state index in [4.69, 9.17) is 0 Å². The molecule has 23 heavy (non-hydrogen) atoms. The summed E-state index contributed by atoms with van der Waals surface area (Å²) in [6.45, 7) is 5.11. The highest BCUT2D eigenvalue weighted by Crippen LogP contribution is 2.27. The zero-order valence-electron chi connectivity index (χ0n) is 13.7. The van der Waals surface area contributed by atoms with E-state index in [0.717, 1.165) is 50.4 Å². The van der Waals surface area contributed by atoms with Crippen molar-refractivity contribution in [1.82, 2.24) is 9.80 Å². The van der Waals surface area contributed by atoms with Crippen molar-refractivity contribution in [3.8, 4) is 0 Å². The van der Waals surface area contributed by atoms with Crippen molar-refractivity contribution in [1.29, 1.82) is 0 Å². The van der Waals surface area contributed by atoms with Crippen molar-refractivity contribution < 1.29 is 9.90 Å². The Kier molecular flexibility index (Phi) is 5.03. The van der Waals surface area contributed by atoms with Gasteiger partial charge in [-0.15, -0.1) is 0 Å². The summed E-state index contributed by atoms with van der Waals surface area (Å²) >= 11 is 0. The minimum absolute atomic E-state index is 0.120. The Morgan fingerprint density at radius 3 is 2.65 bits per heavy atom. The van der Waals surface area contributed by atoms with Gasteiger partial charge in [0.15, 0.2) is 0 Å². The summed E-state index contributed by atoms with van der Waals surface area (Å²) in [6, 6.07) is 7.84. The largest absolute Gasteiger partial charge is 0.391 e. The van der Waals surface area contributed by atoms with Gasteiger partial charge in [-0.2, -0.15) is 0 Å². The van der Waals surface area contributed by atoms with Crippen LogP contribution in [0.5, 0.6) is 0 Å². The molecule has 2 fully saturated rings. The van der Waals surface area contributed by atoms with Crippen LogP contribution in [0, 0.1) is 0 Å². The minimum Gasteiger partial charge on any atom is -0.391 e. The lowest BCUT2D eigenvalue weighted by molar-refractivity contribution is 0.0883. The van der Waals surface area contributed by atoms with Gasteiger partial charge in [-0.3, -0.25) is 0 Å².